The van der Waals surface area contributed by atoms with Crippen LogP contribution in [0.15, 0.2) is 95.1 Å². The number of benzene rings is 4. The maximum atomic E-state index is 13.6. The largest absolute Gasteiger partial charge is 0.497 e. The Morgan fingerprint density at radius 1 is 0.780 bits per heavy atom. The fourth-order valence-electron chi connectivity index (χ4n) is 4.68. The summed E-state index contributed by atoms with van der Waals surface area (Å²) in [6.45, 7) is 0. The summed E-state index contributed by atoms with van der Waals surface area (Å²) in [7, 11) is 4.64. The average Bonchev–Trinajstić information content (AvgIpc) is 3.54. The second-order valence-corrected chi connectivity index (χ2v) is 9.14. The van der Waals surface area contributed by atoms with E-state index in [9.17, 15) is 9.59 Å². The van der Waals surface area contributed by atoms with E-state index >= 15 is 0 Å². The number of Topliss-reactive ketones (excluding diaryl/α,β-unsaturated/α-hetero) is 1. The lowest BCUT2D eigenvalue weighted by Crippen LogP contribution is -2.09. The van der Waals surface area contributed by atoms with Gasteiger partial charge in [-0.05, 0) is 54.1 Å². The topological polar surface area (TPSA) is 93.4 Å². The fourth-order valence-corrected chi connectivity index (χ4v) is 4.68. The molecule has 8 nitrogen and oxygen atoms in total. The minimum absolute atomic E-state index is 0.134. The van der Waals surface area contributed by atoms with Crippen LogP contribution in [0.2, 0.25) is 0 Å². The van der Waals surface area contributed by atoms with Gasteiger partial charge in [-0.25, -0.2) is 4.79 Å². The molecule has 0 unspecified atom stereocenters. The van der Waals surface area contributed by atoms with Crippen molar-refractivity contribution in [3.05, 3.63) is 107 Å². The van der Waals surface area contributed by atoms with E-state index in [-0.39, 0.29) is 28.6 Å². The van der Waals surface area contributed by atoms with E-state index in [1.807, 2.05) is 30.3 Å². The van der Waals surface area contributed by atoms with Gasteiger partial charge in [0.25, 0.3) is 0 Å². The average molecular weight is 549 g/mol. The molecule has 0 bridgehead atoms. The normalized spacial score (nSPS) is 13.1. The number of hydrogen-bond acceptors (Lipinski definition) is 8. The van der Waals surface area contributed by atoms with Crippen LogP contribution in [0.5, 0.6) is 28.7 Å². The van der Waals surface area contributed by atoms with Gasteiger partial charge in [0.05, 0.1) is 26.9 Å². The van der Waals surface area contributed by atoms with Crippen LogP contribution in [-0.4, -0.2) is 33.1 Å². The van der Waals surface area contributed by atoms with Crippen molar-refractivity contribution in [1.82, 2.24) is 0 Å². The summed E-state index contributed by atoms with van der Waals surface area (Å²) >= 11 is 0. The molecule has 0 saturated carbocycles. The number of allylic oxidation sites excluding steroid dienone is 1. The monoisotopic (exact) mass is 548 g/mol. The molecule has 41 heavy (non-hydrogen) atoms. The third-order valence-electron chi connectivity index (χ3n) is 6.69. The third-order valence-corrected chi connectivity index (χ3v) is 6.69. The molecule has 0 saturated heterocycles. The third kappa shape index (κ3) is 4.76. The molecule has 6 rings (SSSR count). The van der Waals surface area contributed by atoms with Crippen LogP contribution in [0, 0.1) is 0 Å². The zero-order valence-electron chi connectivity index (χ0n) is 22.4. The highest BCUT2D eigenvalue weighted by molar-refractivity contribution is 6.15. The maximum Gasteiger partial charge on any atom is 0.348 e. The summed E-state index contributed by atoms with van der Waals surface area (Å²) in [5, 5.41) is 0.556. The first-order chi connectivity index (χ1) is 20.0. The van der Waals surface area contributed by atoms with Crippen molar-refractivity contribution in [2.75, 3.05) is 21.3 Å². The smallest absolute Gasteiger partial charge is 0.348 e. The van der Waals surface area contributed by atoms with Gasteiger partial charge in [-0.15, -0.1) is 0 Å². The quantitative estimate of drug-likeness (QED) is 0.122. The highest BCUT2D eigenvalue weighted by atomic mass is 16.5. The minimum Gasteiger partial charge on any atom is -0.497 e. The predicted molar refractivity (Wildman–Crippen MR) is 152 cm³/mol. The lowest BCUT2D eigenvalue weighted by molar-refractivity contribution is 0.0736. The number of furan rings is 1. The Labute approximate surface area is 235 Å². The van der Waals surface area contributed by atoms with Crippen molar-refractivity contribution in [1.29, 1.82) is 0 Å². The number of rotatable bonds is 7. The van der Waals surface area contributed by atoms with E-state index in [0.29, 0.717) is 45.1 Å². The Kier molecular flexibility index (Phi) is 6.65. The van der Waals surface area contributed by atoms with Crippen molar-refractivity contribution in [2.24, 2.45) is 0 Å². The maximum absolute atomic E-state index is 13.6. The van der Waals surface area contributed by atoms with E-state index in [2.05, 4.69) is 0 Å². The first-order valence-corrected chi connectivity index (χ1v) is 12.7. The molecule has 0 radical (unpaired) electrons. The molecule has 0 fully saturated rings. The van der Waals surface area contributed by atoms with Gasteiger partial charge in [-0.2, -0.15) is 0 Å². The van der Waals surface area contributed by atoms with Crippen molar-refractivity contribution >= 4 is 28.8 Å². The summed E-state index contributed by atoms with van der Waals surface area (Å²) in [4.78, 5) is 26.6. The number of ether oxygens (including phenoxy) is 5. The van der Waals surface area contributed by atoms with Crippen LogP contribution < -0.4 is 23.7 Å². The summed E-state index contributed by atoms with van der Waals surface area (Å²) < 4.78 is 33.7. The molecule has 0 aliphatic carbocycles. The molecular formula is C33H24O8. The Hall–Kier alpha value is -5.50. The number of carbonyl (C=O) groups is 2. The molecule has 8 heteroatoms. The van der Waals surface area contributed by atoms with E-state index in [1.54, 1.807) is 68.8 Å². The van der Waals surface area contributed by atoms with E-state index in [0.717, 1.165) is 5.56 Å². The van der Waals surface area contributed by atoms with Crippen molar-refractivity contribution in [3.63, 3.8) is 0 Å². The summed E-state index contributed by atoms with van der Waals surface area (Å²) in [6, 6.07) is 24.5. The van der Waals surface area contributed by atoms with Crippen molar-refractivity contribution in [2.45, 2.75) is 0 Å². The molecule has 0 amide bonds. The second kappa shape index (κ2) is 10.6. The first-order valence-electron chi connectivity index (χ1n) is 12.7. The van der Waals surface area contributed by atoms with Crippen LogP contribution in [-0.2, 0) is 0 Å². The standard InChI is InChI=1S/C33H24O8/c1-36-21-11-14-25-24(17-21)30(32(41-25)20-7-5-4-6-8-20)33(35)39-22-10-12-23-27(18-22)40-29(31(23)34)16-19-9-13-26(37-2)28(15-19)38-3/h4-18H,1-3H3/b29-16-. The zero-order chi connectivity index (χ0) is 28.5. The molecule has 1 aromatic heterocycles. The number of carbonyl (C=O) groups excluding carboxylic acids is 2. The number of methoxy groups -OCH3 is 3. The van der Waals surface area contributed by atoms with Crippen LogP contribution in [0.3, 0.4) is 0 Å². The first kappa shape index (κ1) is 25.8. The predicted octanol–water partition coefficient (Wildman–Crippen LogP) is 6.96. The molecule has 0 atom stereocenters. The van der Waals surface area contributed by atoms with Crippen LogP contribution in [0.4, 0.5) is 0 Å². The van der Waals surface area contributed by atoms with Gasteiger partial charge < -0.3 is 28.1 Å². The molecule has 1 aliphatic heterocycles. The van der Waals surface area contributed by atoms with E-state index in [4.69, 9.17) is 28.1 Å². The lowest BCUT2D eigenvalue weighted by atomic mass is 10.1. The Morgan fingerprint density at radius 2 is 1.56 bits per heavy atom. The van der Waals surface area contributed by atoms with Gasteiger partial charge in [-0.3, -0.25) is 4.79 Å². The summed E-state index contributed by atoms with van der Waals surface area (Å²) in [5.41, 5.74) is 2.56. The molecule has 0 N–H and O–H groups in total. The highest BCUT2D eigenvalue weighted by Crippen LogP contribution is 2.39. The molecule has 2 heterocycles. The van der Waals surface area contributed by atoms with Crippen LogP contribution >= 0.6 is 0 Å². The Morgan fingerprint density at radius 3 is 2.32 bits per heavy atom. The molecule has 4 aromatic carbocycles. The van der Waals surface area contributed by atoms with Gasteiger partial charge in [0.1, 0.15) is 34.2 Å². The van der Waals surface area contributed by atoms with Gasteiger partial charge in [-0.1, -0.05) is 36.4 Å². The SMILES string of the molecule is COc1ccc2oc(-c3ccccc3)c(C(=O)Oc3ccc4c(c3)O/C(=C\c3ccc(OC)c(OC)c3)C4=O)c2c1. The lowest BCUT2D eigenvalue weighted by Gasteiger charge is -2.08. The second-order valence-electron chi connectivity index (χ2n) is 9.14. The van der Waals surface area contributed by atoms with E-state index in [1.165, 1.54) is 13.2 Å². The summed E-state index contributed by atoms with van der Waals surface area (Å²) in [6.07, 6.45) is 1.62. The Bertz CT molecular complexity index is 1830. The molecule has 0 spiro atoms. The van der Waals surface area contributed by atoms with Crippen LogP contribution in [0.25, 0.3) is 28.4 Å². The zero-order valence-corrected chi connectivity index (χ0v) is 22.4. The molecule has 1 aliphatic rings. The minimum atomic E-state index is -0.624. The van der Waals surface area contributed by atoms with Gasteiger partial charge in [0.2, 0.25) is 5.78 Å². The molecule has 5 aromatic rings. The number of esters is 1. The van der Waals surface area contributed by atoms with E-state index < -0.39 is 5.97 Å². The number of hydrogen-bond donors (Lipinski definition) is 0. The highest BCUT2D eigenvalue weighted by Gasteiger charge is 2.29. The van der Waals surface area contributed by atoms with Gasteiger partial charge in [0.15, 0.2) is 17.3 Å². The van der Waals surface area contributed by atoms with Crippen LogP contribution in [0.1, 0.15) is 26.3 Å². The summed E-state index contributed by atoms with van der Waals surface area (Å²) in [5.74, 6) is 1.78. The number of ketones is 1. The van der Waals surface area contributed by atoms with Gasteiger partial charge >= 0.3 is 5.97 Å². The van der Waals surface area contributed by atoms with Crippen molar-refractivity contribution < 1.29 is 37.7 Å². The molecular weight excluding hydrogens is 524 g/mol. The fraction of sp³-hybridized carbons (Fsp3) is 0.0909. The van der Waals surface area contributed by atoms with Gasteiger partial charge in [0, 0.05) is 17.0 Å². The Balaban J connectivity index is 1.31. The van der Waals surface area contributed by atoms with Crippen molar-refractivity contribution in [3.8, 4) is 40.1 Å². The number of fused-ring (bicyclic) bond motifs is 2. The molecule has 204 valence electrons.